The van der Waals surface area contributed by atoms with Crippen molar-refractivity contribution in [2.24, 2.45) is 0 Å². The Morgan fingerprint density at radius 1 is 1.15 bits per heavy atom. The Bertz CT molecular complexity index is 1160. The van der Waals surface area contributed by atoms with Gasteiger partial charge >= 0.3 is 0 Å². The lowest BCUT2D eigenvalue weighted by Crippen LogP contribution is -2.28. The van der Waals surface area contributed by atoms with Crippen LogP contribution in [-0.2, 0) is 16.0 Å². The number of hydrogen-bond donors (Lipinski definition) is 3. The number of carbonyl (C=O) groups excluding carboxylic acids is 3. The van der Waals surface area contributed by atoms with E-state index in [0.717, 1.165) is 18.4 Å². The van der Waals surface area contributed by atoms with E-state index in [1.807, 2.05) is 24.4 Å². The second kappa shape index (κ2) is 10.3. The Labute approximate surface area is 196 Å². The van der Waals surface area contributed by atoms with E-state index in [9.17, 15) is 14.4 Å². The van der Waals surface area contributed by atoms with Gasteiger partial charge in [-0.25, -0.2) is 0 Å². The molecule has 0 bridgehead atoms. The van der Waals surface area contributed by atoms with Gasteiger partial charge < -0.3 is 20.7 Å². The van der Waals surface area contributed by atoms with Crippen LogP contribution < -0.4 is 20.7 Å². The molecule has 1 aromatic heterocycles. The van der Waals surface area contributed by atoms with Gasteiger partial charge in [0.1, 0.15) is 5.75 Å². The van der Waals surface area contributed by atoms with Crippen LogP contribution >= 0.6 is 11.3 Å². The third-order valence-electron chi connectivity index (χ3n) is 5.30. The molecule has 3 aromatic rings. The van der Waals surface area contributed by atoms with Crippen molar-refractivity contribution in [2.75, 3.05) is 17.2 Å². The summed E-state index contributed by atoms with van der Waals surface area (Å²) < 4.78 is 5.38. The summed E-state index contributed by atoms with van der Waals surface area (Å²) in [5, 5.41) is 10.6. The first kappa shape index (κ1) is 22.5. The Morgan fingerprint density at radius 2 is 2.03 bits per heavy atom. The van der Waals surface area contributed by atoms with Crippen molar-refractivity contribution in [3.63, 3.8) is 0 Å². The molecule has 1 unspecified atom stereocenters. The van der Waals surface area contributed by atoms with Crippen LogP contribution in [0.1, 0.15) is 46.6 Å². The summed E-state index contributed by atoms with van der Waals surface area (Å²) >= 11 is 1.69. The van der Waals surface area contributed by atoms with Gasteiger partial charge in [-0.05, 0) is 67.1 Å². The molecular formula is C25H25N3O4S. The summed E-state index contributed by atoms with van der Waals surface area (Å²) in [4.78, 5) is 37.9. The molecule has 3 N–H and O–H groups in total. The van der Waals surface area contributed by atoms with Gasteiger partial charge in [0.25, 0.3) is 11.8 Å². The summed E-state index contributed by atoms with van der Waals surface area (Å²) in [6.07, 6.45) is 2.07. The molecule has 0 saturated heterocycles. The molecule has 0 spiro atoms. The lowest BCUT2D eigenvalue weighted by Gasteiger charge is -2.21. The van der Waals surface area contributed by atoms with E-state index in [2.05, 4.69) is 22.0 Å². The average Bonchev–Trinajstić information content (AvgIpc) is 3.32. The van der Waals surface area contributed by atoms with E-state index < -0.39 is 0 Å². The second-order valence-corrected chi connectivity index (χ2v) is 8.88. The number of fused-ring (bicyclic) bond motifs is 1. The minimum absolute atomic E-state index is 0.000148. The van der Waals surface area contributed by atoms with Gasteiger partial charge in [0.05, 0.1) is 11.7 Å². The maximum atomic E-state index is 12.8. The maximum Gasteiger partial charge on any atom is 0.262 e. The van der Waals surface area contributed by atoms with Crippen molar-refractivity contribution in [1.82, 2.24) is 5.32 Å². The molecule has 7 nitrogen and oxygen atoms in total. The molecule has 2 heterocycles. The number of rotatable bonds is 8. The standard InChI is InChI=1S/C25H25N3O4S/c1-16(17-10-11-22-21(14-17)28-24(30)15-32-22)26-25(31)18-5-2-6-19(13-18)27-23(29)9-3-7-20-8-4-12-33-20/h2,4-6,8,10-14,16H,3,7,9,15H2,1H3,(H,26,31)(H,27,29)(H,28,30). The zero-order valence-electron chi connectivity index (χ0n) is 18.2. The molecule has 1 aliphatic heterocycles. The maximum absolute atomic E-state index is 12.8. The van der Waals surface area contributed by atoms with Crippen LogP contribution in [0.5, 0.6) is 5.75 Å². The van der Waals surface area contributed by atoms with E-state index in [0.29, 0.717) is 29.1 Å². The highest BCUT2D eigenvalue weighted by Gasteiger charge is 2.19. The SMILES string of the molecule is CC(NC(=O)c1cccc(NC(=O)CCCc2cccs2)c1)c1ccc2c(c1)NC(=O)CO2. The molecule has 33 heavy (non-hydrogen) atoms. The largest absolute Gasteiger partial charge is 0.482 e. The Morgan fingerprint density at radius 3 is 2.85 bits per heavy atom. The molecule has 0 aliphatic carbocycles. The highest BCUT2D eigenvalue weighted by Crippen LogP contribution is 2.30. The lowest BCUT2D eigenvalue weighted by molar-refractivity contribution is -0.118. The molecule has 0 saturated carbocycles. The predicted octanol–water partition coefficient (Wildman–Crippen LogP) is 4.53. The van der Waals surface area contributed by atoms with Crippen molar-refractivity contribution in [2.45, 2.75) is 32.2 Å². The van der Waals surface area contributed by atoms with E-state index in [1.54, 1.807) is 47.7 Å². The average molecular weight is 464 g/mol. The number of carbonyl (C=O) groups is 3. The molecule has 4 rings (SSSR count). The van der Waals surface area contributed by atoms with Crippen molar-refractivity contribution in [3.05, 3.63) is 76.0 Å². The molecule has 0 radical (unpaired) electrons. The van der Waals surface area contributed by atoms with Crippen molar-refractivity contribution in [3.8, 4) is 5.75 Å². The van der Waals surface area contributed by atoms with Gasteiger partial charge in [-0.15, -0.1) is 11.3 Å². The summed E-state index contributed by atoms with van der Waals surface area (Å²) in [7, 11) is 0. The Balaban J connectivity index is 1.33. The predicted molar refractivity (Wildman–Crippen MR) is 129 cm³/mol. The number of aryl methyl sites for hydroxylation is 1. The summed E-state index contributed by atoms with van der Waals surface area (Å²) in [6.45, 7) is 1.87. The van der Waals surface area contributed by atoms with Gasteiger partial charge in [0.15, 0.2) is 6.61 Å². The highest BCUT2D eigenvalue weighted by molar-refractivity contribution is 7.09. The second-order valence-electron chi connectivity index (χ2n) is 7.85. The van der Waals surface area contributed by atoms with E-state index in [4.69, 9.17) is 4.74 Å². The van der Waals surface area contributed by atoms with E-state index >= 15 is 0 Å². The lowest BCUT2D eigenvalue weighted by atomic mass is 10.1. The normalized spacial score (nSPS) is 13.3. The van der Waals surface area contributed by atoms with Crippen LogP contribution in [0.2, 0.25) is 0 Å². The third-order valence-corrected chi connectivity index (χ3v) is 6.24. The number of ether oxygens (including phenoxy) is 1. The number of benzene rings is 2. The van der Waals surface area contributed by atoms with E-state index in [1.165, 1.54) is 4.88 Å². The van der Waals surface area contributed by atoms with Crippen LogP contribution in [0.3, 0.4) is 0 Å². The van der Waals surface area contributed by atoms with Crippen LogP contribution in [0, 0.1) is 0 Å². The zero-order chi connectivity index (χ0) is 23.2. The highest BCUT2D eigenvalue weighted by atomic mass is 32.1. The number of nitrogens with one attached hydrogen (secondary N) is 3. The van der Waals surface area contributed by atoms with Crippen molar-refractivity contribution >= 4 is 40.4 Å². The van der Waals surface area contributed by atoms with Crippen LogP contribution in [0.15, 0.2) is 60.0 Å². The smallest absolute Gasteiger partial charge is 0.262 e. The van der Waals surface area contributed by atoms with Crippen molar-refractivity contribution in [1.29, 1.82) is 0 Å². The van der Waals surface area contributed by atoms with Gasteiger partial charge in [-0.1, -0.05) is 18.2 Å². The van der Waals surface area contributed by atoms with Crippen LogP contribution in [-0.4, -0.2) is 24.3 Å². The molecular weight excluding hydrogens is 438 g/mol. The Hall–Kier alpha value is -3.65. The molecule has 170 valence electrons. The number of amides is 3. The fourth-order valence-electron chi connectivity index (χ4n) is 3.57. The first-order chi connectivity index (χ1) is 16.0. The summed E-state index contributed by atoms with van der Waals surface area (Å²) in [5.74, 6) is 0.0718. The minimum atomic E-state index is -0.294. The van der Waals surface area contributed by atoms with Gasteiger partial charge in [0, 0.05) is 22.5 Å². The minimum Gasteiger partial charge on any atom is -0.482 e. The first-order valence-corrected chi connectivity index (χ1v) is 11.7. The monoisotopic (exact) mass is 463 g/mol. The zero-order valence-corrected chi connectivity index (χ0v) is 19.0. The fourth-order valence-corrected chi connectivity index (χ4v) is 4.32. The molecule has 8 heteroatoms. The third kappa shape index (κ3) is 5.98. The molecule has 2 aromatic carbocycles. The van der Waals surface area contributed by atoms with Crippen molar-refractivity contribution < 1.29 is 19.1 Å². The van der Waals surface area contributed by atoms with Crippen LogP contribution in [0.25, 0.3) is 0 Å². The molecule has 0 fully saturated rings. The van der Waals surface area contributed by atoms with Gasteiger partial charge in [0.2, 0.25) is 5.91 Å². The van der Waals surface area contributed by atoms with Gasteiger partial charge in [-0.2, -0.15) is 0 Å². The summed E-state index contributed by atoms with van der Waals surface area (Å²) in [6, 6.07) is 16.1. The topological polar surface area (TPSA) is 96.5 Å². The summed E-state index contributed by atoms with van der Waals surface area (Å²) in [5.41, 5.74) is 2.47. The number of anilines is 2. The number of hydrogen-bond acceptors (Lipinski definition) is 5. The van der Waals surface area contributed by atoms with E-state index in [-0.39, 0.29) is 30.4 Å². The number of thiophene rings is 1. The molecule has 1 atom stereocenters. The fraction of sp³-hybridized carbons (Fsp3) is 0.240. The Kier molecular flexibility index (Phi) is 7.04. The first-order valence-electron chi connectivity index (χ1n) is 10.8. The quantitative estimate of drug-likeness (QED) is 0.457. The van der Waals surface area contributed by atoms with Gasteiger partial charge in [-0.3, -0.25) is 14.4 Å². The molecule has 1 aliphatic rings. The molecule has 3 amide bonds. The van der Waals surface area contributed by atoms with Crippen LogP contribution in [0.4, 0.5) is 11.4 Å².